The first-order valence-corrected chi connectivity index (χ1v) is 8.71. The predicted molar refractivity (Wildman–Crippen MR) is 87.5 cm³/mol. The molecule has 3 heterocycles. The van der Waals surface area contributed by atoms with Crippen LogP contribution in [0.5, 0.6) is 0 Å². The molecule has 0 aliphatic carbocycles. The van der Waals surface area contributed by atoms with Gasteiger partial charge in [0.1, 0.15) is 0 Å². The van der Waals surface area contributed by atoms with Gasteiger partial charge in [0, 0.05) is 30.9 Å². The number of ether oxygens (including phenoxy) is 1. The molecule has 0 saturated heterocycles. The molecule has 0 spiro atoms. The molecule has 1 aliphatic heterocycles. The summed E-state index contributed by atoms with van der Waals surface area (Å²) in [5, 5.41) is 2.13. The van der Waals surface area contributed by atoms with Gasteiger partial charge in [0.25, 0.3) is 0 Å². The zero-order chi connectivity index (χ0) is 13.1. The van der Waals surface area contributed by atoms with Crippen molar-refractivity contribution in [1.29, 1.82) is 0 Å². The molecule has 3 rings (SSSR count). The minimum Gasteiger partial charge on any atom is -0.501 e. The van der Waals surface area contributed by atoms with Gasteiger partial charge in [-0.25, -0.2) is 0 Å². The highest BCUT2D eigenvalue weighted by molar-refractivity contribution is 8.12. The Morgan fingerprint density at radius 1 is 1.21 bits per heavy atom. The maximum atomic E-state index is 5.35. The Balaban J connectivity index is 1.74. The van der Waals surface area contributed by atoms with Crippen LogP contribution in [0.25, 0.3) is 14.7 Å². The predicted octanol–water partition coefficient (Wildman–Crippen LogP) is 5.83. The van der Waals surface area contributed by atoms with Gasteiger partial charge in [-0.15, -0.1) is 22.7 Å². The van der Waals surface area contributed by atoms with Gasteiger partial charge in [0.05, 0.1) is 12.9 Å². The molecule has 0 atom stereocenters. The smallest absolute Gasteiger partial charge is 0.0930 e. The minimum absolute atomic E-state index is 0.737. The van der Waals surface area contributed by atoms with Gasteiger partial charge in [0.15, 0.2) is 0 Å². The molecule has 0 N–H and O–H groups in total. The molecule has 4 heteroatoms. The molecular weight excluding hydrogens is 292 g/mol. The molecule has 0 fully saturated rings. The molecule has 2 aromatic heterocycles. The summed E-state index contributed by atoms with van der Waals surface area (Å²) in [6.45, 7) is 2.75. The van der Waals surface area contributed by atoms with Crippen LogP contribution in [0.4, 0.5) is 0 Å². The number of rotatable bonds is 4. The Morgan fingerprint density at radius 2 is 2.11 bits per heavy atom. The first kappa shape index (κ1) is 13.0. The second-order valence-corrected chi connectivity index (χ2v) is 7.26. The average molecular weight is 306 g/mol. The van der Waals surface area contributed by atoms with Crippen molar-refractivity contribution in [3.63, 3.8) is 0 Å². The van der Waals surface area contributed by atoms with Gasteiger partial charge < -0.3 is 4.74 Å². The maximum Gasteiger partial charge on any atom is 0.0930 e. The van der Waals surface area contributed by atoms with E-state index in [-0.39, 0.29) is 0 Å². The Hall–Kier alpha value is -0.970. The van der Waals surface area contributed by atoms with Crippen LogP contribution in [-0.4, -0.2) is 6.61 Å². The Morgan fingerprint density at radius 3 is 2.89 bits per heavy atom. The van der Waals surface area contributed by atoms with Gasteiger partial charge >= 0.3 is 0 Å². The summed E-state index contributed by atoms with van der Waals surface area (Å²) in [7, 11) is 0. The SMILES string of the molecule is CCOC=C1CC=C(c2ccc(-c3cccs3)s2)S1. The van der Waals surface area contributed by atoms with Gasteiger partial charge in [-0.1, -0.05) is 23.9 Å². The average Bonchev–Trinajstić information content (AvgIpc) is 3.14. The van der Waals surface area contributed by atoms with Crippen molar-refractivity contribution < 1.29 is 4.74 Å². The number of allylic oxidation sites excluding steroid dienone is 2. The van der Waals surface area contributed by atoms with Crippen LogP contribution in [-0.2, 0) is 4.74 Å². The van der Waals surface area contributed by atoms with Crippen molar-refractivity contribution in [3.8, 4) is 9.75 Å². The van der Waals surface area contributed by atoms with E-state index in [4.69, 9.17) is 4.74 Å². The summed E-state index contributed by atoms with van der Waals surface area (Å²) in [5.74, 6) is 0. The van der Waals surface area contributed by atoms with Gasteiger partial charge in [0.2, 0.25) is 0 Å². The third-order valence-corrected chi connectivity index (χ3v) is 6.17. The van der Waals surface area contributed by atoms with Crippen LogP contribution >= 0.6 is 34.4 Å². The molecule has 0 amide bonds. The number of thiophene rings is 2. The van der Waals surface area contributed by atoms with Crippen molar-refractivity contribution in [2.75, 3.05) is 6.61 Å². The van der Waals surface area contributed by atoms with Gasteiger partial charge in [-0.3, -0.25) is 0 Å². The molecular formula is C15H14OS3. The molecule has 0 unspecified atom stereocenters. The molecule has 98 valence electrons. The minimum atomic E-state index is 0.737. The van der Waals surface area contributed by atoms with Gasteiger partial charge in [-0.05, 0) is 30.5 Å². The fourth-order valence-corrected chi connectivity index (χ4v) is 4.77. The second-order valence-electron chi connectivity index (χ2n) is 4.06. The highest BCUT2D eigenvalue weighted by Crippen LogP contribution is 2.45. The fourth-order valence-electron chi connectivity index (χ4n) is 1.84. The zero-order valence-electron chi connectivity index (χ0n) is 10.6. The summed E-state index contributed by atoms with van der Waals surface area (Å²) < 4.78 is 5.35. The summed E-state index contributed by atoms with van der Waals surface area (Å²) in [6, 6.07) is 8.72. The number of thioether (sulfide) groups is 1. The quantitative estimate of drug-likeness (QED) is 0.657. The van der Waals surface area contributed by atoms with E-state index in [9.17, 15) is 0 Å². The maximum absolute atomic E-state index is 5.35. The second kappa shape index (κ2) is 5.99. The summed E-state index contributed by atoms with van der Waals surface area (Å²) in [4.78, 5) is 6.72. The van der Waals surface area contributed by atoms with E-state index in [1.54, 1.807) is 11.3 Å². The third kappa shape index (κ3) is 2.96. The molecule has 0 saturated carbocycles. The van der Waals surface area contributed by atoms with Crippen LogP contribution in [0.2, 0.25) is 0 Å². The number of hydrogen-bond donors (Lipinski definition) is 0. The summed E-state index contributed by atoms with van der Waals surface area (Å²) in [6.07, 6.45) is 5.17. The first-order valence-electron chi connectivity index (χ1n) is 6.19. The highest BCUT2D eigenvalue weighted by atomic mass is 32.2. The Kier molecular flexibility index (Phi) is 4.11. The highest BCUT2D eigenvalue weighted by Gasteiger charge is 2.15. The van der Waals surface area contributed by atoms with E-state index in [1.165, 1.54) is 24.4 Å². The largest absolute Gasteiger partial charge is 0.501 e. The summed E-state index contributed by atoms with van der Waals surface area (Å²) >= 11 is 5.49. The van der Waals surface area contributed by atoms with Gasteiger partial charge in [-0.2, -0.15) is 0 Å². The van der Waals surface area contributed by atoms with Crippen molar-refractivity contribution in [1.82, 2.24) is 0 Å². The van der Waals surface area contributed by atoms with Crippen LogP contribution in [0.3, 0.4) is 0 Å². The van der Waals surface area contributed by atoms with Crippen molar-refractivity contribution >= 4 is 39.3 Å². The monoisotopic (exact) mass is 306 g/mol. The Bertz CT molecular complexity index is 605. The molecule has 0 aromatic carbocycles. The van der Waals surface area contributed by atoms with Crippen LogP contribution in [0, 0.1) is 0 Å². The van der Waals surface area contributed by atoms with E-state index in [2.05, 4.69) is 35.7 Å². The molecule has 19 heavy (non-hydrogen) atoms. The van der Waals surface area contributed by atoms with E-state index in [1.807, 2.05) is 36.3 Å². The lowest BCUT2D eigenvalue weighted by atomic mass is 10.3. The molecule has 1 aliphatic rings. The van der Waals surface area contributed by atoms with Crippen molar-refractivity contribution in [3.05, 3.63) is 51.8 Å². The standard InChI is InChI=1S/C15H14OS3/c1-2-16-10-11-5-6-14(18-11)15-8-7-13(19-15)12-4-3-9-17-12/h3-4,6-10H,2,5H2,1H3. The van der Waals surface area contributed by atoms with E-state index in [0.29, 0.717) is 0 Å². The van der Waals surface area contributed by atoms with Crippen LogP contribution in [0.15, 0.2) is 46.9 Å². The lowest BCUT2D eigenvalue weighted by Crippen LogP contribution is -1.78. The van der Waals surface area contributed by atoms with Crippen molar-refractivity contribution in [2.45, 2.75) is 13.3 Å². The fraction of sp³-hybridized carbons (Fsp3) is 0.200. The third-order valence-electron chi connectivity index (χ3n) is 2.72. The lowest BCUT2D eigenvalue weighted by molar-refractivity contribution is 0.267. The Labute approximate surface area is 125 Å². The van der Waals surface area contributed by atoms with E-state index < -0.39 is 0 Å². The number of hydrogen-bond acceptors (Lipinski definition) is 4. The molecule has 0 radical (unpaired) electrons. The summed E-state index contributed by atoms with van der Waals surface area (Å²) in [5.41, 5.74) is 0. The molecule has 0 bridgehead atoms. The molecule has 2 aromatic rings. The normalized spacial score (nSPS) is 16.9. The van der Waals surface area contributed by atoms with E-state index in [0.717, 1.165) is 13.0 Å². The zero-order valence-corrected chi connectivity index (χ0v) is 13.0. The molecule has 1 nitrogen and oxygen atoms in total. The van der Waals surface area contributed by atoms with Crippen molar-refractivity contribution in [2.24, 2.45) is 0 Å². The van der Waals surface area contributed by atoms with E-state index >= 15 is 0 Å². The van der Waals surface area contributed by atoms with Crippen LogP contribution < -0.4 is 0 Å². The van der Waals surface area contributed by atoms with Crippen LogP contribution in [0.1, 0.15) is 18.2 Å². The lowest BCUT2D eigenvalue weighted by Gasteiger charge is -1.99. The first-order chi connectivity index (χ1) is 9.36. The topological polar surface area (TPSA) is 9.23 Å².